The Kier molecular flexibility index (Phi) is 5.51. The minimum absolute atomic E-state index is 0.493. The van der Waals surface area contributed by atoms with E-state index in [1.165, 1.54) is 5.01 Å². The Bertz CT molecular complexity index is 94.0. The van der Waals surface area contributed by atoms with E-state index in [4.69, 9.17) is 4.43 Å². The number of hydrogen-bond donors (Lipinski definition) is 0. The first kappa shape index (κ1) is 8.22. The van der Waals surface area contributed by atoms with E-state index in [1.54, 1.807) is 7.11 Å². The van der Waals surface area contributed by atoms with E-state index in [0.29, 0.717) is 0 Å². The Morgan fingerprint density at radius 1 is 2.00 bits per heavy atom. The van der Waals surface area contributed by atoms with Crippen molar-refractivity contribution in [2.75, 3.05) is 7.11 Å². The Morgan fingerprint density at radius 3 is 3.00 bits per heavy atom. The van der Waals surface area contributed by atoms with Gasteiger partial charge >= 0.3 is 55.3 Å². The molecule has 0 saturated carbocycles. The summed E-state index contributed by atoms with van der Waals surface area (Å²) in [4.78, 5) is 0.729. The normalized spacial score (nSPS) is 12.4. The number of hydrogen-bond acceptors (Lipinski definition) is 2. The Balaban J connectivity index is 3.11. The van der Waals surface area contributed by atoms with Gasteiger partial charge in [-0.1, -0.05) is 0 Å². The standard InChI is InChI=1S/C2H7OSi.C2H3.Co.O/c1-3-4-2;1-2;;/h2,4H2,1H3;1H,2H2;;. The summed E-state index contributed by atoms with van der Waals surface area (Å²) < 4.78 is 15.4. The summed E-state index contributed by atoms with van der Waals surface area (Å²) in [7, 11) is 1.16. The predicted octanol–water partition coefficient (Wildman–Crippen LogP) is 0.200. The van der Waals surface area contributed by atoms with E-state index in [2.05, 4.69) is 6.58 Å². The molecule has 0 N–H and O–H groups in total. The molecule has 0 saturated heterocycles. The molecule has 4 heteroatoms. The van der Waals surface area contributed by atoms with Crippen molar-refractivity contribution in [2.45, 2.75) is 4.98 Å². The van der Waals surface area contributed by atoms with Gasteiger partial charge in [-0.3, -0.25) is 0 Å². The Hall–Kier alpha value is 0.223. The molecule has 2 nitrogen and oxygen atoms in total. The maximum absolute atomic E-state index is 10.6. The first-order valence-electron chi connectivity index (χ1n) is 2.17. The third-order valence-corrected chi connectivity index (χ3v) is 4.11. The number of rotatable bonds is 4. The molecule has 0 aliphatic rings. The topological polar surface area (TPSA) is 26.3 Å². The van der Waals surface area contributed by atoms with Crippen molar-refractivity contribution >= 4 is 9.76 Å². The fraction of sp³-hybridized carbons (Fsp3) is 0.500. The van der Waals surface area contributed by atoms with Gasteiger partial charge in [0, 0.05) is 0 Å². The monoisotopic (exact) mass is 177 g/mol. The molecule has 0 fully saturated rings. The van der Waals surface area contributed by atoms with Crippen LogP contribution in [0, 0.1) is 0 Å². The van der Waals surface area contributed by atoms with Crippen molar-refractivity contribution in [2.24, 2.45) is 0 Å². The molecule has 0 aromatic heterocycles. The zero-order chi connectivity index (χ0) is 6.41. The molecule has 0 aliphatic heterocycles. The van der Waals surface area contributed by atoms with Crippen LogP contribution in [0.1, 0.15) is 0 Å². The van der Waals surface area contributed by atoms with Crippen LogP contribution in [-0.4, -0.2) is 16.9 Å². The summed E-state index contributed by atoms with van der Waals surface area (Å²) in [6.07, 6.45) is 0. The van der Waals surface area contributed by atoms with Gasteiger partial charge in [-0.2, -0.15) is 0 Å². The Morgan fingerprint density at radius 2 is 2.62 bits per heavy atom. The van der Waals surface area contributed by atoms with Crippen molar-refractivity contribution in [3.05, 3.63) is 11.6 Å². The molecule has 0 aliphatic carbocycles. The van der Waals surface area contributed by atoms with Gasteiger partial charge in [-0.15, -0.1) is 0 Å². The van der Waals surface area contributed by atoms with Gasteiger partial charge in [0.05, 0.1) is 0 Å². The predicted molar refractivity (Wildman–Crippen MR) is 31.2 cm³/mol. The first-order chi connectivity index (χ1) is 3.81. The zero-order valence-electron chi connectivity index (χ0n) is 4.85. The van der Waals surface area contributed by atoms with Gasteiger partial charge in [0.2, 0.25) is 0 Å². The van der Waals surface area contributed by atoms with Crippen LogP contribution in [0.3, 0.4) is 0 Å². The maximum atomic E-state index is 10.6. The molecule has 0 aromatic carbocycles. The van der Waals surface area contributed by atoms with Crippen LogP contribution in [0.4, 0.5) is 0 Å². The van der Waals surface area contributed by atoms with Crippen molar-refractivity contribution in [1.82, 2.24) is 0 Å². The van der Waals surface area contributed by atoms with Crippen molar-refractivity contribution in [3.63, 3.8) is 0 Å². The van der Waals surface area contributed by atoms with Crippen LogP contribution in [-0.2, 0) is 21.9 Å². The molecular weight excluding hydrogens is 167 g/mol. The average molecular weight is 177 g/mol. The Labute approximate surface area is 55.8 Å². The second kappa shape index (κ2) is 5.36. The van der Waals surface area contributed by atoms with Crippen molar-refractivity contribution < 1.29 is 21.9 Å². The molecular formula is C4H10CoO2Si. The third kappa shape index (κ3) is 4.38. The fourth-order valence-electron chi connectivity index (χ4n) is 0.203. The van der Waals surface area contributed by atoms with E-state index in [1.807, 2.05) is 0 Å². The summed E-state index contributed by atoms with van der Waals surface area (Å²) in [5.74, 6) is 0. The molecule has 0 radical (unpaired) electrons. The van der Waals surface area contributed by atoms with Gasteiger partial charge in [0.25, 0.3) is 0 Å². The van der Waals surface area contributed by atoms with Crippen molar-refractivity contribution in [3.8, 4) is 0 Å². The van der Waals surface area contributed by atoms with Crippen LogP contribution >= 0.6 is 0 Å². The molecule has 0 atom stereocenters. The minimum atomic E-state index is -1.11. The van der Waals surface area contributed by atoms with E-state index in [-0.39, 0.29) is 0 Å². The third-order valence-electron chi connectivity index (χ3n) is 0.588. The molecule has 0 amide bonds. The molecule has 0 rings (SSSR count). The van der Waals surface area contributed by atoms with E-state index in [9.17, 15) is 3.87 Å². The van der Waals surface area contributed by atoms with E-state index in [0.717, 1.165) is 4.98 Å². The van der Waals surface area contributed by atoms with Crippen LogP contribution in [0.2, 0.25) is 4.98 Å². The van der Waals surface area contributed by atoms with Gasteiger partial charge in [0.1, 0.15) is 0 Å². The molecule has 8 heavy (non-hydrogen) atoms. The van der Waals surface area contributed by atoms with Gasteiger partial charge < -0.3 is 0 Å². The van der Waals surface area contributed by atoms with Crippen LogP contribution < -0.4 is 0 Å². The molecule has 0 bridgehead atoms. The summed E-state index contributed by atoms with van der Waals surface area (Å²) in [6.45, 7) is 3.40. The fourth-order valence-corrected chi connectivity index (χ4v) is 2.51. The second-order valence-electron chi connectivity index (χ2n) is 1.11. The van der Waals surface area contributed by atoms with E-state index >= 15 is 0 Å². The zero-order valence-corrected chi connectivity index (χ0v) is 7.30. The van der Waals surface area contributed by atoms with Gasteiger partial charge in [0.15, 0.2) is 0 Å². The van der Waals surface area contributed by atoms with Gasteiger partial charge in [-0.25, -0.2) is 0 Å². The first-order valence-corrected chi connectivity index (χ1v) is 5.51. The van der Waals surface area contributed by atoms with Crippen LogP contribution in [0.25, 0.3) is 0 Å². The van der Waals surface area contributed by atoms with Gasteiger partial charge in [-0.05, 0) is 0 Å². The van der Waals surface area contributed by atoms with Crippen LogP contribution in [0.15, 0.2) is 11.6 Å². The van der Waals surface area contributed by atoms with Crippen molar-refractivity contribution in [1.29, 1.82) is 0 Å². The molecule has 0 unspecified atom stereocenters. The average Bonchev–Trinajstić information content (AvgIpc) is 1.83. The quantitative estimate of drug-likeness (QED) is 0.573. The summed E-state index contributed by atoms with van der Waals surface area (Å²) in [5, 5.41) is 1.49. The summed E-state index contributed by atoms with van der Waals surface area (Å²) in [5.41, 5.74) is 0. The molecule has 51 valence electrons. The molecule has 0 aromatic rings. The second-order valence-corrected chi connectivity index (χ2v) is 5.38. The summed E-state index contributed by atoms with van der Waals surface area (Å²) >= 11 is -1.11. The molecule has 0 heterocycles. The van der Waals surface area contributed by atoms with E-state index < -0.39 is 23.3 Å². The molecule has 0 spiro atoms. The SMILES string of the molecule is C=[CH][Co](=[O])[CH2][SiH2]OC. The summed E-state index contributed by atoms with van der Waals surface area (Å²) in [6, 6.07) is 0. The van der Waals surface area contributed by atoms with Crippen LogP contribution in [0.5, 0.6) is 0 Å².